The van der Waals surface area contributed by atoms with Crippen molar-refractivity contribution in [2.75, 3.05) is 27.2 Å². The molecule has 0 bridgehead atoms. The summed E-state index contributed by atoms with van der Waals surface area (Å²) in [5.41, 5.74) is 3.61. The topological polar surface area (TPSA) is 73.8 Å². The second-order valence-electron chi connectivity index (χ2n) is 10.1. The highest BCUT2D eigenvalue weighted by Gasteiger charge is 2.33. The maximum Gasteiger partial charge on any atom is 0.270 e. The van der Waals surface area contributed by atoms with E-state index in [0.717, 1.165) is 36.2 Å². The fraction of sp³-hybridized carbons (Fsp3) is 0.519. The van der Waals surface area contributed by atoms with E-state index < -0.39 is 11.5 Å². The van der Waals surface area contributed by atoms with Crippen LogP contribution in [0.25, 0.3) is 0 Å². The molecule has 1 atom stereocenters. The smallest absolute Gasteiger partial charge is 0.270 e. The van der Waals surface area contributed by atoms with E-state index in [2.05, 4.69) is 28.5 Å². The molecule has 34 heavy (non-hydrogen) atoms. The summed E-state index contributed by atoms with van der Waals surface area (Å²) < 4.78 is 0. The van der Waals surface area contributed by atoms with Crippen LogP contribution in [0.15, 0.2) is 46.6 Å². The van der Waals surface area contributed by atoms with Crippen molar-refractivity contribution in [1.29, 1.82) is 0 Å². The summed E-state index contributed by atoms with van der Waals surface area (Å²) in [6, 6.07) is 5.13. The Balaban J connectivity index is 2.59. The van der Waals surface area contributed by atoms with E-state index in [9.17, 15) is 9.59 Å². The molecule has 7 heteroatoms. The van der Waals surface area contributed by atoms with Gasteiger partial charge in [-0.1, -0.05) is 55.7 Å². The molecule has 2 N–H and O–H groups in total. The van der Waals surface area contributed by atoms with Crippen molar-refractivity contribution in [2.24, 2.45) is 10.4 Å². The second-order valence-corrected chi connectivity index (χ2v) is 10.6. The summed E-state index contributed by atoms with van der Waals surface area (Å²) in [5.74, 6) is -0.617. The zero-order chi connectivity index (χ0) is 25.5. The minimum Gasteiger partial charge on any atom is -0.357 e. The van der Waals surface area contributed by atoms with Crippen LogP contribution in [0.4, 0.5) is 0 Å². The van der Waals surface area contributed by atoms with E-state index in [1.807, 2.05) is 59.0 Å². The summed E-state index contributed by atoms with van der Waals surface area (Å²) in [6.07, 6.45) is 6.68. The van der Waals surface area contributed by atoms with Crippen LogP contribution in [0.5, 0.6) is 0 Å². The molecule has 1 aliphatic heterocycles. The normalized spacial score (nSPS) is 21.9. The van der Waals surface area contributed by atoms with E-state index in [1.165, 1.54) is 5.57 Å². The Bertz CT molecular complexity index is 989. The molecule has 6 nitrogen and oxygen atoms in total. The van der Waals surface area contributed by atoms with Gasteiger partial charge in [-0.3, -0.25) is 9.59 Å². The summed E-state index contributed by atoms with van der Waals surface area (Å²) in [7, 11) is 3.60. The standard InChI is InChI=1S/C27H39ClN4O2/c1-18-10-8-9-14-32(7)15-13-22(25(33)31-24(26(34)29-6)27(3,4)5)30-23(17-18)20-16-19(2)11-12-21(20)28/h10-13,16,24H,8-9,14-15,17H2,1-7H3,(H,29,34)(H,31,33)/b18-10+,22-13+,30-23+/t24-/m1/s1. The molecule has 1 heterocycles. The van der Waals surface area contributed by atoms with Crippen LogP contribution in [-0.2, 0) is 9.59 Å². The first kappa shape index (κ1) is 27.8. The van der Waals surface area contributed by atoms with Crippen LogP contribution >= 0.6 is 11.6 Å². The lowest BCUT2D eigenvalue weighted by molar-refractivity contribution is -0.129. The molecule has 1 aromatic rings. The van der Waals surface area contributed by atoms with Crippen molar-refractivity contribution in [1.82, 2.24) is 15.5 Å². The maximum atomic E-state index is 13.5. The van der Waals surface area contributed by atoms with Crippen molar-refractivity contribution < 1.29 is 9.59 Å². The molecular weight excluding hydrogens is 448 g/mol. The molecular formula is C27H39ClN4O2. The van der Waals surface area contributed by atoms with Crippen molar-refractivity contribution in [3.63, 3.8) is 0 Å². The number of nitrogens with zero attached hydrogens (tertiary/aromatic N) is 2. The maximum absolute atomic E-state index is 13.5. The van der Waals surface area contributed by atoms with Crippen LogP contribution in [0.1, 0.15) is 58.1 Å². The lowest BCUT2D eigenvalue weighted by Gasteiger charge is -2.30. The Morgan fingerprint density at radius 2 is 1.88 bits per heavy atom. The van der Waals surface area contributed by atoms with Crippen LogP contribution < -0.4 is 10.6 Å². The van der Waals surface area contributed by atoms with Gasteiger partial charge in [-0.15, -0.1) is 0 Å². The number of benzene rings is 1. The molecule has 186 valence electrons. The van der Waals surface area contributed by atoms with Crippen LogP contribution in [0, 0.1) is 12.3 Å². The van der Waals surface area contributed by atoms with Gasteiger partial charge < -0.3 is 15.5 Å². The van der Waals surface area contributed by atoms with E-state index in [1.54, 1.807) is 7.05 Å². The molecule has 0 aromatic heterocycles. The number of hydrogen-bond donors (Lipinski definition) is 2. The SMILES string of the molecule is CNC(=O)[C@@H](NC(=O)C1=C\CN(C)CCC/C=C(\C)C/C(c2cc(C)ccc2Cl)=N\1)C(C)(C)C. The summed E-state index contributed by atoms with van der Waals surface area (Å²) >= 11 is 6.58. The van der Waals surface area contributed by atoms with Crippen LogP contribution in [0.2, 0.25) is 5.02 Å². The van der Waals surface area contributed by atoms with E-state index in [-0.39, 0.29) is 17.5 Å². The summed E-state index contributed by atoms with van der Waals surface area (Å²) in [6.45, 7) is 11.3. The monoisotopic (exact) mass is 486 g/mol. The molecule has 2 rings (SSSR count). The molecule has 0 saturated heterocycles. The molecule has 0 saturated carbocycles. The van der Waals surface area contributed by atoms with Gasteiger partial charge in [0.2, 0.25) is 5.91 Å². The van der Waals surface area contributed by atoms with Gasteiger partial charge in [-0.2, -0.15) is 0 Å². The highest BCUT2D eigenvalue weighted by Crippen LogP contribution is 2.24. The minimum absolute atomic E-state index is 0.239. The van der Waals surface area contributed by atoms with Gasteiger partial charge in [0.05, 0.1) is 5.71 Å². The fourth-order valence-electron chi connectivity index (χ4n) is 3.79. The van der Waals surface area contributed by atoms with Crippen molar-refractivity contribution in [3.05, 3.63) is 57.8 Å². The number of halogens is 1. The van der Waals surface area contributed by atoms with Crippen LogP contribution in [0.3, 0.4) is 0 Å². The zero-order valence-electron chi connectivity index (χ0n) is 21.6. The number of likely N-dealkylation sites (N-methyl/N-ethyl adjacent to an activating group) is 2. The number of allylic oxidation sites excluding steroid dienone is 2. The number of nitrogens with one attached hydrogen (secondary N) is 2. The third-order valence-electron chi connectivity index (χ3n) is 5.85. The van der Waals surface area contributed by atoms with E-state index >= 15 is 0 Å². The Morgan fingerprint density at radius 1 is 1.18 bits per heavy atom. The molecule has 0 unspecified atom stereocenters. The average molecular weight is 487 g/mol. The Hall–Kier alpha value is -2.44. The van der Waals surface area contributed by atoms with Gasteiger partial charge in [0.15, 0.2) is 0 Å². The average Bonchev–Trinajstić information content (AvgIpc) is 2.76. The molecule has 0 spiro atoms. The number of aliphatic imine (C=N–C) groups is 1. The minimum atomic E-state index is -0.701. The highest BCUT2D eigenvalue weighted by molar-refractivity contribution is 6.34. The molecule has 0 aliphatic carbocycles. The van der Waals surface area contributed by atoms with Gasteiger partial charge in [0.25, 0.3) is 5.91 Å². The third-order valence-corrected chi connectivity index (χ3v) is 6.18. The summed E-state index contributed by atoms with van der Waals surface area (Å²) in [5, 5.41) is 6.17. The third kappa shape index (κ3) is 8.10. The van der Waals surface area contributed by atoms with Crippen LogP contribution in [-0.4, -0.2) is 55.7 Å². The number of carbonyl (C=O) groups excluding carboxylic acids is 2. The number of carbonyl (C=O) groups is 2. The van der Waals surface area contributed by atoms with Gasteiger partial charge in [0.1, 0.15) is 11.7 Å². The van der Waals surface area contributed by atoms with Crippen molar-refractivity contribution in [2.45, 2.75) is 59.9 Å². The summed E-state index contributed by atoms with van der Waals surface area (Å²) in [4.78, 5) is 33.0. The van der Waals surface area contributed by atoms with Gasteiger partial charge >= 0.3 is 0 Å². The van der Waals surface area contributed by atoms with Gasteiger partial charge in [-0.05, 0) is 63.9 Å². The molecule has 1 aliphatic rings. The quantitative estimate of drug-likeness (QED) is 0.608. The van der Waals surface area contributed by atoms with Crippen molar-refractivity contribution in [3.8, 4) is 0 Å². The zero-order valence-corrected chi connectivity index (χ0v) is 22.3. The molecule has 0 radical (unpaired) electrons. The lowest BCUT2D eigenvalue weighted by Crippen LogP contribution is -2.53. The predicted octanol–water partition coefficient (Wildman–Crippen LogP) is 4.66. The molecule has 1 aromatic carbocycles. The first-order valence-corrected chi connectivity index (χ1v) is 12.2. The van der Waals surface area contributed by atoms with Crippen molar-refractivity contribution >= 4 is 29.1 Å². The van der Waals surface area contributed by atoms with Gasteiger partial charge in [-0.25, -0.2) is 4.99 Å². The van der Waals surface area contributed by atoms with E-state index in [0.29, 0.717) is 18.0 Å². The number of rotatable bonds is 4. The first-order valence-electron chi connectivity index (χ1n) is 11.8. The second kappa shape index (κ2) is 12.3. The molecule has 2 amide bonds. The Morgan fingerprint density at radius 3 is 2.53 bits per heavy atom. The van der Waals surface area contributed by atoms with E-state index in [4.69, 9.17) is 16.6 Å². The predicted molar refractivity (Wildman–Crippen MR) is 141 cm³/mol. The number of amides is 2. The first-order chi connectivity index (χ1) is 15.9. The fourth-order valence-corrected chi connectivity index (χ4v) is 4.02. The largest absolute Gasteiger partial charge is 0.357 e. The van der Waals surface area contributed by atoms with Gasteiger partial charge in [0, 0.05) is 30.6 Å². The number of aryl methyl sites for hydroxylation is 1. The Kier molecular flexibility index (Phi) is 10.1. The molecule has 0 fully saturated rings. The Labute approximate surface area is 209 Å². The lowest BCUT2D eigenvalue weighted by atomic mass is 9.86. The highest BCUT2D eigenvalue weighted by atomic mass is 35.5. The number of hydrogen-bond acceptors (Lipinski definition) is 4.